The predicted octanol–water partition coefficient (Wildman–Crippen LogP) is 5.78. The Bertz CT molecular complexity index is 1340. The summed E-state index contributed by atoms with van der Waals surface area (Å²) in [7, 11) is 0. The summed E-state index contributed by atoms with van der Waals surface area (Å²) in [5, 5.41) is 2.91. The van der Waals surface area contributed by atoms with E-state index in [9.17, 15) is 9.18 Å². The van der Waals surface area contributed by atoms with Crippen LogP contribution in [0, 0.1) is 30.4 Å². The van der Waals surface area contributed by atoms with E-state index in [2.05, 4.69) is 29.1 Å². The van der Waals surface area contributed by atoms with Gasteiger partial charge >= 0.3 is 0 Å². The summed E-state index contributed by atoms with van der Waals surface area (Å²) in [6.07, 6.45) is 6.73. The fourth-order valence-electron chi connectivity index (χ4n) is 5.72. The molecule has 8 heteroatoms. The molecule has 1 amide bonds. The number of hydrogen-bond acceptors (Lipinski definition) is 5. The Hall–Kier alpha value is -3.39. The van der Waals surface area contributed by atoms with Crippen molar-refractivity contribution in [2.75, 3.05) is 11.9 Å². The summed E-state index contributed by atoms with van der Waals surface area (Å²) < 4.78 is 35.6. The largest absolute Gasteiger partial charge is 0.490 e. The average molecular weight is 507 g/mol. The molecule has 1 aliphatic heterocycles. The molecule has 3 aromatic rings. The van der Waals surface area contributed by atoms with E-state index in [-0.39, 0.29) is 34.7 Å². The van der Waals surface area contributed by atoms with Crippen molar-refractivity contribution in [3.8, 4) is 17.0 Å². The quantitative estimate of drug-likeness (QED) is 0.458. The molecular weight excluding hydrogens is 474 g/mol. The first-order valence-electron chi connectivity index (χ1n) is 12.9. The number of nitrogens with zero attached hydrogens (tertiary/aromatic N) is 2. The number of pyridine rings is 2. The van der Waals surface area contributed by atoms with Crippen LogP contribution in [-0.4, -0.2) is 28.5 Å². The molecule has 5 rings (SSSR count). The number of nitrogens with two attached hydrogens (primary N) is 1. The van der Waals surface area contributed by atoms with Gasteiger partial charge in [0.2, 0.25) is 0 Å². The van der Waals surface area contributed by atoms with Crippen LogP contribution in [0.15, 0.2) is 36.7 Å². The van der Waals surface area contributed by atoms with Crippen molar-refractivity contribution >= 4 is 11.6 Å². The molecule has 3 heterocycles. The third-order valence-electron chi connectivity index (χ3n) is 7.69. The van der Waals surface area contributed by atoms with Gasteiger partial charge in [-0.3, -0.25) is 9.78 Å². The maximum absolute atomic E-state index is 15.3. The third kappa shape index (κ3) is 4.94. The summed E-state index contributed by atoms with van der Waals surface area (Å²) in [6.45, 7) is 6.51. The minimum Gasteiger partial charge on any atom is -0.490 e. The molecule has 3 N–H and O–H groups in total. The van der Waals surface area contributed by atoms with Gasteiger partial charge in [-0.1, -0.05) is 19.9 Å². The molecule has 2 aliphatic rings. The van der Waals surface area contributed by atoms with Gasteiger partial charge in [-0.15, -0.1) is 0 Å². The molecule has 1 fully saturated rings. The molecule has 1 aromatic carbocycles. The first-order chi connectivity index (χ1) is 17.7. The van der Waals surface area contributed by atoms with E-state index < -0.39 is 17.5 Å². The summed E-state index contributed by atoms with van der Waals surface area (Å²) in [5.41, 5.74) is 9.00. The molecule has 0 saturated heterocycles. The number of nitrogens with one attached hydrogen (secondary N) is 1. The highest BCUT2D eigenvalue weighted by Gasteiger charge is 2.31. The lowest BCUT2D eigenvalue weighted by atomic mass is 9.72. The molecule has 194 valence electrons. The number of halogens is 2. The second-order valence-corrected chi connectivity index (χ2v) is 10.6. The number of ether oxygens (including phenoxy) is 1. The van der Waals surface area contributed by atoms with Gasteiger partial charge in [-0.2, -0.15) is 0 Å². The lowest BCUT2D eigenvalue weighted by molar-refractivity contribution is 0.102. The summed E-state index contributed by atoms with van der Waals surface area (Å²) >= 11 is 0. The zero-order chi connectivity index (χ0) is 26.3. The molecule has 0 spiro atoms. The van der Waals surface area contributed by atoms with Crippen molar-refractivity contribution in [3.63, 3.8) is 0 Å². The Labute approximate surface area is 215 Å². The van der Waals surface area contributed by atoms with E-state index in [1.807, 2.05) is 6.07 Å². The highest BCUT2D eigenvalue weighted by Crippen LogP contribution is 2.41. The van der Waals surface area contributed by atoms with Crippen LogP contribution in [0.25, 0.3) is 11.3 Å². The average Bonchev–Trinajstić information content (AvgIpc) is 3.33. The van der Waals surface area contributed by atoms with Crippen molar-refractivity contribution in [2.24, 2.45) is 17.6 Å². The fourth-order valence-corrected chi connectivity index (χ4v) is 5.72. The molecule has 3 unspecified atom stereocenters. The zero-order valence-corrected chi connectivity index (χ0v) is 21.4. The highest BCUT2D eigenvalue weighted by atomic mass is 19.1. The summed E-state index contributed by atoms with van der Waals surface area (Å²) in [6, 6.07) is 6.24. The van der Waals surface area contributed by atoms with E-state index in [4.69, 9.17) is 10.5 Å². The topological polar surface area (TPSA) is 90.1 Å². The van der Waals surface area contributed by atoms with E-state index in [0.717, 1.165) is 36.5 Å². The monoisotopic (exact) mass is 506 g/mol. The Morgan fingerprint density at radius 3 is 2.78 bits per heavy atom. The number of benzene rings is 1. The molecule has 0 radical (unpaired) electrons. The molecule has 1 aliphatic carbocycles. The van der Waals surface area contributed by atoms with Gasteiger partial charge in [0, 0.05) is 29.8 Å². The second-order valence-electron chi connectivity index (χ2n) is 10.6. The summed E-state index contributed by atoms with van der Waals surface area (Å²) in [4.78, 5) is 21.7. The van der Waals surface area contributed by atoms with Gasteiger partial charge in [0.15, 0.2) is 11.6 Å². The van der Waals surface area contributed by atoms with Crippen LogP contribution in [0.2, 0.25) is 0 Å². The number of amides is 1. The van der Waals surface area contributed by atoms with E-state index in [1.54, 1.807) is 25.4 Å². The van der Waals surface area contributed by atoms with Crippen LogP contribution in [0.3, 0.4) is 0 Å². The van der Waals surface area contributed by atoms with Crippen LogP contribution in [-0.2, 0) is 6.42 Å². The Kier molecular flexibility index (Phi) is 6.94. The van der Waals surface area contributed by atoms with Crippen LogP contribution in [0.4, 0.5) is 14.5 Å². The molecule has 3 atom stereocenters. The lowest BCUT2D eigenvalue weighted by Gasteiger charge is -2.36. The standard InChI is InChI=1S/C29H32F2N4O2/c1-15(2)18-11-19(13-20(32)12-18)21-6-8-33-14-24(21)35-29(36)23-5-4-22(30)27(34-23)25-16(3)10-17-7-9-37-28(17)26(25)31/h4-6,8,10,14-15,18-20H,7,9,11-13,32H2,1-3H3,(H,35,36). The van der Waals surface area contributed by atoms with Crippen LogP contribution < -0.4 is 15.8 Å². The van der Waals surface area contributed by atoms with Crippen molar-refractivity contribution in [1.29, 1.82) is 0 Å². The SMILES string of the molecule is Cc1cc2c(c(F)c1-c1nc(C(=O)Nc3cnccc3C3CC(N)CC(C(C)C)C3)ccc1F)OCC2. The van der Waals surface area contributed by atoms with Gasteiger partial charge in [-0.05, 0) is 73.3 Å². The molecule has 37 heavy (non-hydrogen) atoms. The fraction of sp³-hybridized carbons (Fsp3) is 0.414. The van der Waals surface area contributed by atoms with E-state index in [1.165, 1.54) is 6.07 Å². The Morgan fingerprint density at radius 2 is 2.00 bits per heavy atom. The normalized spacial score (nSPS) is 21.0. The molecule has 0 bridgehead atoms. The van der Waals surface area contributed by atoms with Crippen molar-refractivity contribution in [2.45, 2.75) is 58.4 Å². The first-order valence-corrected chi connectivity index (χ1v) is 12.9. The Morgan fingerprint density at radius 1 is 1.19 bits per heavy atom. The van der Waals surface area contributed by atoms with Crippen molar-refractivity contribution in [3.05, 3.63) is 70.7 Å². The van der Waals surface area contributed by atoms with Gasteiger partial charge < -0.3 is 15.8 Å². The number of carbonyl (C=O) groups is 1. The smallest absolute Gasteiger partial charge is 0.274 e. The van der Waals surface area contributed by atoms with Gasteiger partial charge in [-0.25, -0.2) is 13.8 Å². The maximum Gasteiger partial charge on any atom is 0.274 e. The number of aryl methyl sites for hydroxylation is 1. The minimum atomic E-state index is -0.713. The zero-order valence-electron chi connectivity index (χ0n) is 21.4. The number of rotatable bonds is 5. The van der Waals surface area contributed by atoms with E-state index in [0.29, 0.717) is 36.1 Å². The summed E-state index contributed by atoms with van der Waals surface area (Å²) in [5.74, 6) is -0.554. The molecular formula is C29H32F2N4O2. The lowest BCUT2D eigenvalue weighted by Crippen LogP contribution is -2.34. The minimum absolute atomic E-state index is 0.00536. The first kappa shape index (κ1) is 25.3. The number of fused-ring (bicyclic) bond motifs is 1. The van der Waals surface area contributed by atoms with Crippen molar-refractivity contribution in [1.82, 2.24) is 9.97 Å². The van der Waals surface area contributed by atoms with Gasteiger partial charge in [0.25, 0.3) is 5.91 Å². The number of aromatic nitrogens is 2. The van der Waals surface area contributed by atoms with Crippen molar-refractivity contribution < 1.29 is 18.3 Å². The third-order valence-corrected chi connectivity index (χ3v) is 7.69. The molecule has 6 nitrogen and oxygen atoms in total. The van der Waals surface area contributed by atoms with Crippen LogP contribution in [0.1, 0.15) is 66.2 Å². The molecule has 2 aromatic heterocycles. The Balaban J connectivity index is 1.44. The second kappa shape index (κ2) is 10.2. The van der Waals surface area contributed by atoms with Gasteiger partial charge in [0.05, 0.1) is 18.5 Å². The predicted molar refractivity (Wildman–Crippen MR) is 139 cm³/mol. The van der Waals surface area contributed by atoms with Gasteiger partial charge in [0.1, 0.15) is 17.2 Å². The van der Waals surface area contributed by atoms with Crippen LogP contribution in [0.5, 0.6) is 5.75 Å². The number of carbonyl (C=O) groups excluding carboxylic acids is 1. The van der Waals surface area contributed by atoms with Crippen LogP contribution >= 0.6 is 0 Å². The number of anilines is 1. The highest BCUT2D eigenvalue weighted by molar-refractivity contribution is 6.03. The molecule has 1 saturated carbocycles. The maximum atomic E-state index is 15.3. The number of hydrogen-bond donors (Lipinski definition) is 2. The van der Waals surface area contributed by atoms with E-state index >= 15 is 4.39 Å².